The van der Waals surface area contributed by atoms with Crippen molar-refractivity contribution < 1.29 is 18.3 Å². The van der Waals surface area contributed by atoms with Gasteiger partial charge >= 0.3 is 6.01 Å². The second kappa shape index (κ2) is 14.3. The van der Waals surface area contributed by atoms with E-state index in [-0.39, 0.29) is 36.0 Å². The number of nitrogens with one attached hydrogen (secondary N) is 1. The lowest BCUT2D eigenvalue weighted by molar-refractivity contribution is -0.0366. The minimum Gasteiger partial charge on any atom is -0.461 e. The van der Waals surface area contributed by atoms with E-state index in [9.17, 15) is 4.39 Å². The number of hydrogen-bond acceptors (Lipinski definition) is 10. The van der Waals surface area contributed by atoms with Gasteiger partial charge in [-0.3, -0.25) is 9.88 Å². The third-order valence-corrected chi connectivity index (χ3v) is 12.2. The predicted molar refractivity (Wildman–Crippen MR) is 198 cm³/mol. The summed E-state index contributed by atoms with van der Waals surface area (Å²) in [7, 11) is 0. The van der Waals surface area contributed by atoms with Gasteiger partial charge in [0, 0.05) is 61.6 Å². The molecule has 4 aliphatic heterocycles. The number of halogens is 3. The molecular formula is C38H45ClF2N10O2. The maximum Gasteiger partial charge on any atom is 0.319 e. The van der Waals surface area contributed by atoms with Crippen molar-refractivity contribution in [3.8, 4) is 17.3 Å². The fourth-order valence-corrected chi connectivity index (χ4v) is 9.44. The quantitative estimate of drug-likeness (QED) is 0.152. The van der Waals surface area contributed by atoms with Gasteiger partial charge in [0.2, 0.25) is 0 Å². The number of piperidine rings is 1. The second-order valence-corrected chi connectivity index (χ2v) is 15.6. The average molecular weight is 747 g/mol. The van der Waals surface area contributed by atoms with Crippen LogP contribution in [-0.2, 0) is 11.2 Å². The molecule has 0 saturated carbocycles. The number of hydrogen-bond donors (Lipinski definition) is 1. The topological polar surface area (TPSA) is 123 Å². The number of rotatable bonds is 10. The fraction of sp³-hybridized carbons (Fsp3) is 0.579. The molecule has 15 heteroatoms. The number of aromatic nitrogens is 8. The highest BCUT2D eigenvalue weighted by Gasteiger charge is 2.49. The van der Waals surface area contributed by atoms with E-state index < -0.39 is 17.5 Å². The van der Waals surface area contributed by atoms with Crippen molar-refractivity contribution in [2.24, 2.45) is 0 Å². The summed E-state index contributed by atoms with van der Waals surface area (Å²) in [4.78, 5) is 18.9. The lowest BCUT2D eigenvalue weighted by atomic mass is 9.92. The summed E-state index contributed by atoms with van der Waals surface area (Å²) in [6, 6.07) is 2.20. The minimum atomic E-state index is -0.895. The first-order valence-electron chi connectivity index (χ1n) is 19.1. The molecule has 2 unspecified atom stereocenters. The number of alkyl halides is 2. The number of benzene rings is 1. The second-order valence-electron chi connectivity index (χ2n) is 15.2. The molecule has 4 aromatic heterocycles. The van der Waals surface area contributed by atoms with Crippen LogP contribution >= 0.6 is 11.6 Å². The Bertz CT molecular complexity index is 2110. The van der Waals surface area contributed by atoms with E-state index in [1.807, 2.05) is 10.9 Å². The monoisotopic (exact) mass is 746 g/mol. The maximum absolute atomic E-state index is 17.5. The first-order chi connectivity index (χ1) is 25.9. The Kier molecular flexibility index (Phi) is 9.39. The third-order valence-electron chi connectivity index (χ3n) is 11.9. The standard InChI is InChI=1S/C38H45ClF2N10O2/c1-23-15-30-27(18-44-51(30)31-9-2-3-14-52-31)32(26(23)8-4-11-39)35-33(41)34-28(17-42-35)36(49-12-5-7-24(20-49)29-19-43-48-47-29)46-37(45-34)53-22-38-10-6-13-50(38)21-25(40)16-38/h15,17-19,24-25,31H,2-14,16,20-22H2,1H3,(H,43,47,48)/t24?,25-,31?,38+/m1/s1. The molecule has 1 aromatic carbocycles. The molecule has 8 heterocycles. The van der Waals surface area contributed by atoms with Gasteiger partial charge in [0.25, 0.3) is 0 Å². The highest BCUT2D eigenvalue weighted by Crippen LogP contribution is 2.43. The number of ether oxygens (including phenoxy) is 2. The van der Waals surface area contributed by atoms with E-state index >= 15 is 4.39 Å². The number of anilines is 1. The SMILES string of the molecule is Cc1cc2c(cnn2C2CCCCO2)c(-c2ncc3c(N4CCCC(c5cn[nH]n5)C4)nc(OC[C@@]45CCCN4C[C@H](F)C5)nc3c2F)c1CCCCl. The van der Waals surface area contributed by atoms with Crippen LogP contribution in [0.5, 0.6) is 6.01 Å². The molecule has 4 atom stereocenters. The summed E-state index contributed by atoms with van der Waals surface area (Å²) < 4.78 is 46.7. The Morgan fingerprint density at radius 3 is 2.83 bits per heavy atom. The molecule has 12 nitrogen and oxygen atoms in total. The first-order valence-corrected chi connectivity index (χ1v) is 19.6. The van der Waals surface area contributed by atoms with Crippen molar-refractivity contribution >= 4 is 39.2 Å². The van der Waals surface area contributed by atoms with Gasteiger partial charge in [-0.2, -0.15) is 30.5 Å². The first kappa shape index (κ1) is 34.7. The summed E-state index contributed by atoms with van der Waals surface area (Å²) >= 11 is 6.21. The largest absolute Gasteiger partial charge is 0.461 e. The summed E-state index contributed by atoms with van der Waals surface area (Å²) in [6.07, 6.45) is 12.6. The smallest absolute Gasteiger partial charge is 0.319 e. The lowest BCUT2D eigenvalue weighted by Gasteiger charge is -2.34. The van der Waals surface area contributed by atoms with Gasteiger partial charge in [-0.25, -0.2) is 13.5 Å². The van der Waals surface area contributed by atoms with Crippen LogP contribution in [0.4, 0.5) is 14.6 Å². The van der Waals surface area contributed by atoms with Crippen molar-refractivity contribution in [3.05, 3.63) is 47.3 Å². The highest BCUT2D eigenvalue weighted by atomic mass is 35.5. The molecule has 280 valence electrons. The van der Waals surface area contributed by atoms with Gasteiger partial charge in [-0.1, -0.05) is 0 Å². The lowest BCUT2D eigenvalue weighted by Crippen LogP contribution is -2.43. The van der Waals surface area contributed by atoms with Crippen LogP contribution in [-0.4, -0.2) is 102 Å². The summed E-state index contributed by atoms with van der Waals surface area (Å²) in [5, 5.41) is 17.2. The van der Waals surface area contributed by atoms with Gasteiger partial charge in [0.15, 0.2) is 12.0 Å². The van der Waals surface area contributed by atoms with E-state index in [2.05, 4.69) is 38.2 Å². The number of pyridine rings is 1. The zero-order valence-corrected chi connectivity index (χ0v) is 30.8. The van der Waals surface area contributed by atoms with Crippen LogP contribution < -0.4 is 9.64 Å². The van der Waals surface area contributed by atoms with Crippen LogP contribution in [0.1, 0.15) is 86.8 Å². The van der Waals surface area contributed by atoms with Gasteiger partial charge in [-0.15, -0.1) is 11.6 Å². The van der Waals surface area contributed by atoms with Gasteiger partial charge in [0.1, 0.15) is 29.8 Å². The van der Waals surface area contributed by atoms with Gasteiger partial charge in [0.05, 0.1) is 34.5 Å². The summed E-state index contributed by atoms with van der Waals surface area (Å²) in [6.45, 7) is 5.56. The summed E-state index contributed by atoms with van der Waals surface area (Å²) in [5.41, 5.74) is 4.37. The van der Waals surface area contributed by atoms with Crippen LogP contribution in [0.2, 0.25) is 0 Å². The van der Waals surface area contributed by atoms with E-state index in [4.69, 9.17) is 41.1 Å². The molecule has 4 fully saturated rings. The van der Waals surface area contributed by atoms with Crippen molar-refractivity contribution in [2.45, 2.75) is 95.0 Å². The molecule has 0 radical (unpaired) electrons. The molecular weight excluding hydrogens is 702 g/mol. The number of fused-ring (bicyclic) bond motifs is 3. The number of aromatic amines is 1. The molecule has 4 aliphatic rings. The number of nitrogens with zero attached hydrogens (tertiary/aromatic N) is 9. The van der Waals surface area contributed by atoms with E-state index in [1.165, 1.54) is 0 Å². The predicted octanol–water partition coefficient (Wildman–Crippen LogP) is 6.82. The maximum atomic E-state index is 17.5. The Balaban J connectivity index is 1.18. The Hall–Kier alpha value is -4.01. The van der Waals surface area contributed by atoms with Crippen LogP contribution in [0.25, 0.3) is 33.1 Å². The van der Waals surface area contributed by atoms with Crippen LogP contribution in [0, 0.1) is 12.7 Å². The van der Waals surface area contributed by atoms with E-state index in [0.29, 0.717) is 61.7 Å². The van der Waals surface area contributed by atoms with Gasteiger partial charge in [-0.05, 0) is 88.4 Å². The van der Waals surface area contributed by atoms with E-state index in [0.717, 1.165) is 85.6 Å². The normalized spacial score (nSPS) is 25.1. The number of H-pyrrole nitrogens is 1. The molecule has 0 amide bonds. The third kappa shape index (κ3) is 6.29. The zero-order valence-electron chi connectivity index (χ0n) is 30.0. The minimum absolute atomic E-state index is 0.0784. The molecule has 5 aromatic rings. The molecule has 0 aliphatic carbocycles. The molecule has 0 spiro atoms. The van der Waals surface area contributed by atoms with Crippen molar-refractivity contribution in [1.82, 2.24) is 45.0 Å². The van der Waals surface area contributed by atoms with E-state index in [1.54, 1.807) is 12.4 Å². The molecule has 4 saturated heterocycles. The van der Waals surface area contributed by atoms with Crippen LogP contribution in [0.3, 0.4) is 0 Å². The van der Waals surface area contributed by atoms with Crippen molar-refractivity contribution in [3.63, 3.8) is 0 Å². The Labute approximate surface area is 311 Å². The summed E-state index contributed by atoms with van der Waals surface area (Å²) in [5.74, 6) is 0.608. The fourth-order valence-electron chi connectivity index (χ4n) is 9.31. The molecule has 9 rings (SSSR count). The highest BCUT2D eigenvalue weighted by molar-refractivity contribution is 6.17. The molecule has 0 bridgehead atoms. The van der Waals surface area contributed by atoms with Crippen molar-refractivity contribution in [2.75, 3.05) is 50.2 Å². The van der Waals surface area contributed by atoms with Crippen molar-refractivity contribution in [1.29, 1.82) is 0 Å². The Morgan fingerprint density at radius 2 is 2.00 bits per heavy atom. The number of aryl methyl sites for hydroxylation is 1. The van der Waals surface area contributed by atoms with Gasteiger partial charge < -0.3 is 14.4 Å². The average Bonchev–Trinajstić information content (AvgIpc) is 3.99. The molecule has 53 heavy (non-hydrogen) atoms. The molecule has 1 N–H and O–H groups in total. The Morgan fingerprint density at radius 1 is 1.08 bits per heavy atom. The van der Waals surface area contributed by atoms with Crippen LogP contribution in [0.15, 0.2) is 24.7 Å². The zero-order chi connectivity index (χ0) is 36.1.